The molecule has 0 aliphatic carbocycles. The highest BCUT2D eigenvalue weighted by atomic mass is 16.5. The van der Waals surface area contributed by atoms with E-state index in [1.165, 1.54) is 7.11 Å². The Bertz CT molecular complexity index is 1010. The molecule has 28 heavy (non-hydrogen) atoms. The number of aromatic hydroxyl groups is 1. The van der Waals surface area contributed by atoms with Crippen molar-refractivity contribution in [3.05, 3.63) is 71.8 Å². The van der Waals surface area contributed by atoms with Crippen LogP contribution in [0.5, 0.6) is 17.2 Å². The van der Waals surface area contributed by atoms with Gasteiger partial charge in [0.05, 0.1) is 31.3 Å². The molecule has 0 aliphatic rings. The number of aliphatic imine (C=N–C) groups is 1. The highest BCUT2D eigenvalue weighted by Gasteiger charge is 2.09. The normalized spacial score (nSPS) is 11.2. The first kappa shape index (κ1) is 19.1. The minimum atomic E-state index is 0.00213. The van der Waals surface area contributed by atoms with Gasteiger partial charge in [0, 0.05) is 17.8 Å². The van der Waals surface area contributed by atoms with Gasteiger partial charge in [0.15, 0.2) is 11.5 Å². The number of hydrogen-bond acceptors (Lipinski definition) is 6. The molecule has 0 amide bonds. The molecule has 0 heterocycles. The number of nitrogens with zero attached hydrogens (tertiary/aromatic N) is 3. The lowest BCUT2D eigenvalue weighted by molar-refractivity contribution is 0.373. The zero-order chi connectivity index (χ0) is 19.9. The SMILES string of the molecule is COc1ccc(N=Nc2cc(C=Nc3cccc(C)c3)c(O)c(OC)c2)cc1. The molecule has 0 bridgehead atoms. The number of azo groups is 1. The number of ether oxygens (including phenoxy) is 2. The Kier molecular flexibility index (Phi) is 6.01. The molecule has 1 N–H and O–H groups in total. The van der Waals surface area contributed by atoms with Gasteiger partial charge in [-0.25, -0.2) is 0 Å². The van der Waals surface area contributed by atoms with Crippen molar-refractivity contribution >= 4 is 23.3 Å². The van der Waals surface area contributed by atoms with E-state index in [1.807, 2.05) is 43.3 Å². The van der Waals surface area contributed by atoms with Gasteiger partial charge >= 0.3 is 0 Å². The van der Waals surface area contributed by atoms with Crippen molar-refractivity contribution < 1.29 is 14.6 Å². The summed E-state index contributed by atoms with van der Waals surface area (Å²) in [6.45, 7) is 2.00. The van der Waals surface area contributed by atoms with Crippen molar-refractivity contribution in [2.24, 2.45) is 15.2 Å². The molecule has 0 atom stereocenters. The molecule has 0 fully saturated rings. The summed E-state index contributed by atoms with van der Waals surface area (Å²) in [5.41, 5.74) is 3.62. The van der Waals surface area contributed by atoms with Gasteiger partial charge in [0.2, 0.25) is 0 Å². The number of methoxy groups -OCH3 is 2. The second kappa shape index (κ2) is 8.81. The summed E-state index contributed by atoms with van der Waals surface area (Å²) in [7, 11) is 3.10. The van der Waals surface area contributed by atoms with Crippen LogP contribution in [0.1, 0.15) is 11.1 Å². The second-order valence-corrected chi connectivity index (χ2v) is 6.08. The van der Waals surface area contributed by atoms with E-state index in [9.17, 15) is 5.11 Å². The zero-order valence-electron chi connectivity index (χ0n) is 16.0. The molecular weight excluding hydrogens is 354 g/mol. The van der Waals surface area contributed by atoms with Crippen molar-refractivity contribution in [2.45, 2.75) is 6.92 Å². The molecule has 3 aromatic rings. The largest absolute Gasteiger partial charge is 0.504 e. The van der Waals surface area contributed by atoms with Gasteiger partial charge in [-0.15, -0.1) is 0 Å². The summed E-state index contributed by atoms with van der Waals surface area (Å²) in [5.74, 6) is 1.05. The molecule has 0 spiro atoms. The van der Waals surface area contributed by atoms with Crippen LogP contribution >= 0.6 is 0 Å². The van der Waals surface area contributed by atoms with Gasteiger partial charge in [0.1, 0.15) is 5.75 Å². The van der Waals surface area contributed by atoms with Crippen molar-refractivity contribution in [3.63, 3.8) is 0 Å². The van der Waals surface area contributed by atoms with Crippen molar-refractivity contribution in [3.8, 4) is 17.2 Å². The number of rotatable bonds is 6. The molecule has 0 aromatic heterocycles. The van der Waals surface area contributed by atoms with Crippen LogP contribution in [-0.4, -0.2) is 25.5 Å². The quantitative estimate of drug-likeness (QED) is 0.431. The van der Waals surface area contributed by atoms with Crippen molar-refractivity contribution in [1.82, 2.24) is 0 Å². The van der Waals surface area contributed by atoms with Gasteiger partial charge in [-0.3, -0.25) is 4.99 Å². The van der Waals surface area contributed by atoms with E-state index in [2.05, 4.69) is 15.2 Å². The molecule has 0 saturated heterocycles. The summed E-state index contributed by atoms with van der Waals surface area (Å²) >= 11 is 0. The highest BCUT2D eigenvalue weighted by molar-refractivity contribution is 5.88. The minimum Gasteiger partial charge on any atom is -0.504 e. The average molecular weight is 375 g/mol. The maximum atomic E-state index is 10.4. The fourth-order valence-corrected chi connectivity index (χ4v) is 2.54. The van der Waals surface area contributed by atoms with Crippen LogP contribution in [0.4, 0.5) is 17.1 Å². The average Bonchev–Trinajstić information content (AvgIpc) is 2.72. The number of phenolic OH excluding ortho intramolecular Hbond substituents is 1. The molecular formula is C22H21N3O3. The Balaban J connectivity index is 1.89. The van der Waals surface area contributed by atoms with E-state index in [0.29, 0.717) is 22.7 Å². The zero-order valence-corrected chi connectivity index (χ0v) is 16.0. The molecule has 3 aromatic carbocycles. The van der Waals surface area contributed by atoms with Crippen LogP contribution in [0.2, 0.25) is 0 Å². The summed E-state index contributed by atoms with van der Waals surface area (Å²) in [6, 6.07) is 18.3. The first-order chi connectivity index (χ1) is 13.6. The first-order valence-electron chi connectivity index (χ1n) is 8.66. The van der Waals surface area contributed by atoms with Crippen LogP contribution in [0.15, 0.2) is 75.9 Å². The van der Waals surface area contributed by atoms with E-state index >= 15 is 0 Å². The van der Waals surface area contributed by atoms with E-state index in [0.717, 1.165) is 17.0 Å². The molecule has 6 nitrogen and oxygen atoms in total. The molecule has 0 saturated carbocycles. The Morgan fingerprint density at radius 2 is 1.57 bits per heavy atom. The van der Waals surface area contributed by atoms with E-state index in [4.69, 9.17) is 9.47 Å². The van der Waals surface area contributed by atoms with Crippen LogP contribution in [-0.2, 0) is 0 Å². The van der Waals surface area contributed by atoms with Gasteiger partial charge < -0.3 is 14.6 Å². The lowest BCUT2D eigenvalue weighted by atomic mass is 10.1. The summed E-state index contributed by atoms with van der Waals surface area (Å²) < 4.78 is 10.4. The molecule has 0 unspecified atom stereocenters. The lowest BCUT2D eigenvalue weighted by Crippen LogP contribution is -1.89. The van der Waals surface area contributed by atoms with Crippen molar-refractivity contribution in [2.75, 3.05) is 14.2 Å². The Labute approximate surface area is 163 Å². The van der Waals surface area contributed by atoms with Crippen molar-refractivity contribution in [1.29, 1.82) is 0 Å². The standard InChI is InChI=1S/C22H21N3O3/c1-15-5-4-6-18(11-15)23-14-16-12-19(13-21(28-3)22(16)26)25-24-17-7-9-20(27-2)10-8-17/h4-14,26H,1-3H3. The molecule has 142 valence electrons. The summed E-state index contributed by atoms with van der Waals surface area (Å²) in [4.78, 5) is 4.43. The molecule has 6 heteroatoms. The number of phenols is 1. The van der Waals surface area contributed by atoms with Crippen LogP contribution < -0.4 is 9.47 Å². The topological polar surface area (TPSA) is 75.8 Å². The number of hydrogen-bond donors (Lipinski definition) is 1. The van der Waals surface area contributed by atoms with Crippen LogP contribution in [0.3, 0.4) is 0 Å². The third-order valence-corrected chi connectivity index (χ3v) is 4.02. The maximum absolute atomic E-state index is 10.4. The van der Waals surface area contributed by atoms with Gasteiger partial charge in [-0.1, -0.05) is 12.1 Å². The minimum absolute atomic E-state index is 0.00213. The lowest BCUT2D eigenvalue weighted by Gasteiger charge is -2.07. The van der Waals surface area contributed by atoms with E-state index in [1.54, 1.807) is 37.6 Å². The fraction of sp³-hybridized carbons (Fsp3) is 0.136. The number of benzene rings is 3. The Morgan fingerprint density at radius 3 is 2.25 bits per heavy atom. The van der Waals surface area contributed by atoms with E-state index in [-0.39, 0.29) is 5.75 Å². The fourth-order valence-electron chi connectivity index (χ4n) is 2.54. The van der Waals surface area contributed by atoms with Gasteiger partial charge in [-0.05, 0) is 55.0 Å². The van der Waals surface area contributed by atoms with E-state index < -0.39 is 0 Å². The Morgan fingerprint density at radius 1 is 0.821 bits per heavy atom. The summed E-state index contributed by atoms with van der Waals surface area (Å²) in [5, 5.41) is 18.8. The second-order valence-electron chi connectivity index (χ2n) is 6.08. The predicted octanol–water partition coefficient (Wildman–Crippen LogP) is 5.88. The van der Waals surface area contributed by atoms with Crippen LogP contribution in [0, 0.1) is 6.92 Å². The molecule has 3 rings (SSSR count). The van der Waals surface area contributed by atoms with Gasteiger partial charge in [-0.2, -0.15) is 10.2 Å². The van der Waals surface area contributed by atoms with Gasteiger partial charge in [0.25, 0.3) is 0 Å². The maximum Gasteiger partial charge on any atom is 0.166 e. The van der Waals surface area contributed by atoms with Crippen LogP contribution in [0.25, 0.3) is 0 Å². The predicted molar refractivity (Wildman–Crippen MR) is 110 cm³/mol. The molecule has 0 aliphatic heterocycles. The Hall–Kier alpha value is -3.67. The summed E-state index contributed by atoms with van der Waals surface area (Å²) in [6.07, 6.45) is 1.58. The molecule has 0 radical (unpaired) electrons. The number of aryl methyl sites for hydroxylation is 1. The highest BCUT2D eigenvalue weighted by Crippen LogP contribution is 2.35. The smallest absolute Gasteiger partial charge is 0.166 e. The third kappa shape index (κ3) is 4.73. The monoisotopic (exact) mass is 375 g/mol. The first-order valence-corrected chi connectivity index (χ1v) is 8.66. The third-order valence-electron chi connectivity index (χ3n) is 4.02.